The zero-order chi connectivity index (χ0) is 15.6. The van der Waals surface area contributed by atoms with Crippen LogP contribution in [0.2, 0.25) is 0 Å². The molecule has 0 unspecified atom stereocenters. The van der Waals surface area contributed by atoms with Gasteiger partial charge in [-0.15, -0.1) is 10.2 Å². The van der Waals surface area contributed by atoms with Gasteiger partial charge in [-0.25, -0.2) is 0 Å². The van der Waals surface area contributed by atoms with Gasteiger partial charge in [-0.2, -0.15) is 5.10 Å². The van der Waals surface area contributed by atoms with Crippen molar-refractivity contribution in [2.45, 2.75) is 25.4 Å². The average molecular weight is 309 g/mol. The van der Waals surface area contributed by atoms with Crippen LogP contribution in [0.25, 0.3) is 11.5 Å². The highest BCUT2D eigenvalue weighted by atomic mass is 16.4. The molecule has 3 heterocycles. The summed E-state index contributed by atoms with van der Waals surface area (Å²) in [4.78, 5) is 2.39. The van der Waals surface area contributed by atoms with E-state index >= 15 is 0 Å². The number of hydrogen-bond donors (Lipinski definition) is 0. The van der Waals surface area contributed by atoms with Gasteiger partial charge in [0.25, 0.3) is 0 Å². The van der Waals surface area contributed by atoms with Crippen LogP contribution in [0.3, 0.4) is 0 Å². The maximum Gasteiger partial charge on any atom is 0.247 e. The minimum atomic E-state index is 0.385. The Hall–Kier alpha value is -2.47. The van der Waals surface area contributed by atoms with Crippen LogP contribution in [0.1, 0.15) is 30.3 Å². The molecular formula is C17H19N5O. The van der Waals surface area contributed by atoms with E-state index in [-0.39, 0.29) is 0 Å². The van der Waals surface area contributed by atoms with Crippen LogP contribution in [-0.4, -0.2) is 31.4 Å². The van der Waals surface area contributed by atoms with Gasteiger partial charge in [-0.3, -0.25) is 9.58 Å². The SMILES string of the molecule is Cn1cc([C@H]2CCCN2Cc2nnc(-c3ccccc3)o2)cn1. The van der Waals surface area contributed by atoms with Crippen LogP contribution in [0.4, 0.5) is 0 Å². The predicted octanol–water partition coefficient (Wildman–Crippen LogP) is 2.81. The van der Waals surface area contributed by atoms with Gasteiger partial charge in [-0.1, -0.05) is 18.2 Å². The summed E-state index contributed by atoms with van der Waals surface area (Å²) in [6.07, 6.45) is 6.36. The van der Waals surface area contributed by atoms with Gasteiger partial charge in [0.05, 0.1) is 12.7 Å². The fourth-order valence-corrected chi connectivity index (χ4v) is 3.19. The topological polar surface area (TPSA) is 60.0 Å². The second kappa shape index (κ2) is 5.96. The lowest BCUT2D eigenvalue weighted by Crippen LogP contribution is -2.22. The minimum absolute atomic E-state index is 0.385. The summed E-state index contributed by atoms with van der Waals surface area (Å²) in [5.41, 5.74) is 2.21. The van der Waals surface area contributed by atoms with Crippen molar-refractivity contribution < 1.29 is 4.42 Å². The first-order valence-corrected chi connectivity index (χ1v) is 7.90. The number of likely N-dealkylation sites (tertiary alicyclic amines) is 1. The Bertz CT molecular complexity index is 779. The van der Waals surface area contributed by atoms with E-state index in [2.05, 4.69) is 26.4 Å². The van der Waals surface area contributed by atoms with Gasteiger partial charge in [0.1, 0.15) is 0 Å². The van der Waals surface area contributed by atoms with E-state index in [1.165, 1.54) is 12.0 Å². The Morgan fingerprint density at radius 3 is 2.87 bits per heavy atom. The van der Waals surface area contributed by atoms with Crippen LogP contribution in [0.15, 0.2) is 47.1 Å². The Morgan fingerprint density at radius 2 is 2.09 bits per heavy atom. The molecule has 23 heavy (non-hydrogen) atoms. The minimum Gasteiger partial charge on any atom is -0.419 e. The molecule has 0 N–H and O–H groups in total. The molecule has 1 fully saturated rings. The number of aryl methyl sites for hydroxylation is 1. The van der Waals surface area contributed by atoms with Crippen molar-refractivity contribution in [3.8, 4) is 11.5 Å². The van der Waals surface area contributed by atoms with Crippen LogP contribution >= 0.6 is 0 Å². The highest BCUT2D eigenvalue weighted by Gasteiger charge is 2.28. The maximum atomic E-state index is 5.84. The van der Waals surface area contributed by atoms with Gasteiger partial charge in [0.15, 0.2) is 0 Å². The van der Waals surface area contributed by atoms with E-state index in [1.54, 1.807) is 0 Å². The van der Waals surface area contributed by atoms with E-state index in [0.717, 1.165) is 18.5 Å². The van der Waals surface area contributed by atoms with Crippen molar-refractivity contribution in [3.63, 3.8) is 0 Å². The summed E-state index contributed by atoms with van der Waals surface area (Å²) >= 11 is 0. The number of benzene rings is 1. The molecule has 6 nitrogen and oxygen atoms in total. The third-order valence-corrected chi connectivity index (χ3v) is 4.30. The maximum absolute atomic E-state index is 5.84. The molecule has 3 aromatic rings. The number of aromatic nitrogens is 4. The van der Waals surface area contributed by atoms with Crippen molar-refractivity contribution in [3.05, 3.63) is 54.2 Å². The fourth-order valence-electron chi connectivity index (χ4n) is 3.19. The molecule has 0 aliphatic carbocycles. The van der Waals surface area contributed by atoms with E-state index in [0.29, 0.717) is 24.4 Å². The van der Waals surface area contributed by atoms with Gasteiger partial charge >= 0.3 is 0 Å². The quantitative estimate of drug-likeness (QED) is 0.741. The molecule has 0 radical (unpaired) electrons. The van der Waals surface area contributed by atoms with Gasteiger partial charge in [-0.05, 0) is 31.5 Å². The van der Waals surface area contributed by atoms with Crippen molar-refractivity contribution in [1.82, 2.24) is 24.9 Å². The number of rotatable bonds is 4. The molecule has 4 rings (SSSR count). The Morgan fingerprint density at radius 1 is 1.22 bits per heavy atom. The van der Waals surface area contributed by atoms with Crippen LogP contribution in [0, 0.1) is 0 Å². The lowest BCUT2D eigenvalue weighted by atomic mass is 10.1. The van der Waals surface area contributed by atoms with Crippen molar-refractivity contribution in [2.24, 2.45) is 7.05 Å². The van der Waals surface area contributed by atoms with Crippen molar-refractivity contribution >= 4 is 0 Å². The molecular weight excluding hydrogens is 290 g/mol. The molecule has 0 bridgehead atoms. The second-order valence-corrected chi connectivity index (χ2v) is 5.94. The molecule has 0 spiro atoms. The summed E-state index contributed by atoms with van der Waals surface area (Å²) in [6, 6.07) is 10.3. The molecule has 1 aliphatic rings. The molecule has 118 valence electrons. The van der Waals surface area contributed by atoms with E-state index in [9.17, 15) is 0 Å². The van der Waals surface area contributed by atoms with Gasteiger partial charge < -0.3 is 4.42 Å². The summed E-state index contributed by atoms with van der Waals surface area (Å²) in [5.74, 6) is 1.25. The van der Waals surface area contributed by atoms with Crippen molar-refractivity contribution in [1.29, 1.82) is 0 Å². The summed E-state index contributed by atoms with van der Waals surface area (Å²) in [5, 5.41) is 12.7. The molecule has 1 aliphatic heterocycles. The second-order valence-electron chi connectivity index (χ2n) is 5.94. The van der Waals surface area contributed by atoms with E-state index in [4.69, 9.17) is 4.42 Å². The Balaban J connectivity index is 1.50. The first-order valence-electron chi connectivity index (χ1n) is 7.90. The number of hydrogen-bond acceptors (Lipinski definition) is 5. The molecule has 1 saturated heterocycles. The predicted molar refractivity (Wildman–Crippen MR) is 85.3 cm³/mol. The monoisotopic (exact) mass is 309 g/mol. The van der Waals surface area contributed by atoms with Gasteiger partial charge in [0.2, 0.25) is 11.8 Å². The Kier molecular flexibility index (Phi) is 3.67. The van der Waals surface area contributed by atoms with Crippen molar-refractivity contribution in [2.75, 3.05) is 6.54 Å². The zero-order valence-electron chi connectivity index (χ0n) is 13.1. The molecule has 1 aromatic carbocycles. The highest BCUT2D eigenvalue weighted by molar-refractivity contribution is 5.51. The molecule has 0 amide bonds. The Labute approximate surface area is 134 Å². The molecule has 2 aromatic heterocycles. The molecule has 1 atom stereocenters. The van der Waals surface area contributed by atoms with E-state index < -0.39 is 0 Å². The number of nitrogens with zero attached hydrogens (tertiary/aromatic N) is 5. The van der Waals surface area contributed by atoms with Crippen LogP contribution < -0.4 is 0 Å². The largest absolute Gasteiger partial charge is 0.419 e. The average Bonchev–Trinajstić information content (AvgIpc) is 3.29. The third kappa shape index (κ3) is 2.90. The third-order valence-electron chi connectivity index (χ3n) is 4.30. The fraction of sp³-hybridized carbons (Fsp3) is 0.353. The highest BCUT2D eigenvalue weighted by Crippen LogP contribution is 2.32. The smallest absolute Gasteiger partial charge is 0.247 e. The van der Waals surface area contributed by atoms with Gasteiger partial charge in [0, 0.05) is 30.4 Å². The van der Waals surface area contributed by atoms with Crippen LogP contribution in [-0.2, 0) is 13.6 Å². The van der Waals surface area contributed by atoms with Crippen LogP contribution in [0.5, 0.6) is 0 Å². The summed E-state index contributed by atoms with van der Waals surface area (Å²) in [6.45, 7) is 1.72. The summed E-state index contributed by atoms with van der Waals surface area (Å²) < 4.78 is 7.69. The summed E-state index contributed by atoms with van der Waals surface area (Å²) in [7, 11) is 1.95. The lowest BCUT2D eigenvalue weighted by molar-refractivity contribution is 0.224. The van der Waals surface area contributed by atoms with E-state index in [1.807, 2.05) is 48.3 Å². The first kappa shape index (κ1) is 14.1. The molecule has 6 heteroatoms. The lowest BCUT2D eigenvalue weighted by Gasteiger charge is -2.21. The standard InChI is InChI=1S/C17H19N5O/c1-21-11-14(10-18-21)15-8-5-9-22(15)12-16-19-20-17(23-16)13-6-3-2-4-7-13/h2-4,6-7,10-11,15H,5,8-9,12H2,1H3/t15-/m1/s1. The zero-order valence-corrected chi connectivity index (χ0v) is 13.1. The first-order chi connectivity index (χ1) is 11.3. The normalized spacial score (nSPS) is 18.6. The molecule has 0 saturated carbocycles.